The lowest BCUT2D eigenvalue weighted by molar-refractivity contribution is 0.591. The maximum absolute atomic E-state index is 2.61. The SMILES string of the molecule is CC(C)(C)c1ccc2c(c1)c1cc3c(c4ccccc4n3-c3ccccc3)c3c4cc5c6c7c8ccccc8n(-c8ccccc8)c7cc7c8cc(C(C)(C)C)ccc8n(c5cc4n2c13)c76. The van der Waals surface area contributed by atoms with E-state index in [0.717, 1.165) is 0 Å². The number of fused-ring (bicyclic) bond motifs is 20. The molecule has 0 unspecified atom stereocenters. The molecule has 0 N–H and O–H groups in total. The molecule has 9 aromatic carbocycles. The molecule has 4 nitrogen and oxygen atoms in total. The average Bonchev–Trinajstić information content (AvgIpc) is 4.15. The van der Waals surface area contributed by atoms with Crippen LogP contribution in [0.4, 0.5) is 0 Å². The van der Waals surface area contributed by atoms with E-state index < -0.39 is 0 Å². The van der Waals surface area contributed by atoms with Crippen LogP contribution in [0.3, 0.4) is 0 Å². The van der Waals surface area contributed by atoms with Gasteiger partial charge in [-0.2, -0.15) is 0 Å². The summed E-state index contributed by atoms with van der Waals surface area (Å²) >= 11 is 0. The van der Waals surface area contributed by atoms with Crippen molar-refractivity contribution in [2.75, 3.05) is 0 Å². The van der Waals surface area contributed by atoms with E-state index in [9.17, 15) is 0 Å². The van der Waals surface area contributed by atoms with E-state index >= 15 is 0 Å². The first-order chi connectivity index (χ1) is 32.0. The van der Waals surface area contributed by atoms with E-state index in [1.807, 2.05) is 0 Å². The third-order valence-electron chi connectivity index (χ3n) is 15.3. The minimum Gasteiger partial charge on any atom is -0.309 e. The van der Waals surface area contributed by atoms with Crippen molar-refractivity contribution < 1.29 is 0 Å². The summed E-state index contributed by atoms with van der Waals surface area (Å²) in [6, 6.07) is 64.5. The summed E-state index contributed by atoms with van der Waals surface area (Å²) in [7, 11) is 0. The Morgan fingerprint density at radius 1 is 0.273 bits per heavy atom. The highest BCUT2D eigenvalue weighted by Crippen LogP contribution is 2.52. The van der Waals surface area contributed by atoms with Crippen molar-refractivity contribution in [1.29, 1.82) is 0 Å². The van der Waals surface area contributed by atoms with Gasteiger partial charge in [0.1, 0.15) is 0 Å². The smallest absolute Gasteiger partial charge is 0.0628 e. The van der Waals surface area contributed by atoms with E-state index in [-0.39, 0.29) is 10.8 Å². The summed E-state index contributed by atoms with van der Waals surface area (Å²) in [6.07, 6.45) is 0. The zero-order valence-corrected chi connectivity index (χ0v) is 38.0. The zero-order chi connectivity index (χ0) is 44.1. The fourth-order valence-electron chi connectivity index (χ4n) is 12.3. The van der Waals surface area contributed by atoms with Crippen LogP contribution >= 0.6 is 0 Å². The number of benzene rings is 9. The summed E-state index contributed by atoms with van der Waals surface area (Å²) in [6.45, 7) is 14.0. The lowest BCUT2D eigenvalue weighted by Crippen LogP contribution is -2.10. The van der Waals surface area contributed by atoms with E-state index in [0.29, 0.717) is 0 Å². The number of aromatic nitrogens is 4. The molecule has 15 rings (SSSR count). The molecular formula is C62H46N4. The fourth-order valence-corrected chi connectivity index (χ4v) is 12.3. The van der Waals surface area contributed by atoms with Gasteiger partial charge in [-0.1, -0.05) is 126 Å². The van der Waals surface area contributed by atoms with Gasteiger partial charge < -0.3 is 17.9 Å². The Morgan fingerprint density at radius 2 is 0.682 bits per heavy atom. The van der Waals surface area contributed by atoms with Gasteiger partial charge in [-0.15, -0.1) is 0 Å². The lowest BCUT2D eigenvalue weighted by atomic mass is 9.86. The van der Waals surface area contributed by atoms with Crippen LogP contribution in [0, 0.1) is 0 Å². The third kappa shape index (κ3) is 4.44. The van der Waals surface area contributed by atoms with Crippen molar-refractivity contribution in [2.45, 2.75) is 52.4 Å². The van der Waals surface area contributed by atoms with Gasteiger partial charge in [-0.05, 0) is 107 Å². The number of hydrogen-bond acceptors (Lipinski definition) is 0. The maximum atomic E-state index is 2.61. The quantitative estimate of drug-likeness (QED) is 0.165. The maximum Gasteiger partial charge on any atom is 0.0628 e. The normalized spacial score (nSPS) is 13.3. The molecule has 66 heavy (non-hydrogen) atoms. The van der Waals surface area contributed by atoms with Gasteiger partial charge in [-0.25, -0.2) is 0 Å². The van der Waals surface area contributed by atoms with Crippen molar-refractivity contribution in [1.82, 2.24) is 17.9 Å². The van der Waals surface area contributed by atoms with Crippen LogP contribution < -0.4 is 0 Å². The van der Waals surface area contributed by atoms with Gasteiger partial charge in [0.25, 0.3) is 0 Å². The van der Waals surface area contributed by atoms with Crippen LogP contribution in [0.25, 0.3) is 131 Å². The average molecular weight is 847 g/mol. The molecule has 0 bridgehead atoms. The molecule has 0 fully saturated rings. The first kappa shape index (κ1) is 36.5. The van der Waals surface area contributed by atoms with Crippen molar-refractivity contribution in [2.24, 2.45) is 0 Å². The van der Waals surface area contributed by atoms with Crippen LogP contribution in [0.15, 0.2) is 170 Å². The van der Waals surface area contributed by atoms with Gasteiger partial charge in [0, 0.05) is 76.0 Å². The second-order valence-electron chi connectivity index (χ2n) is 21.0. The zero-order valence-electron chi connectivity index (χ0n) is 38.0. The monoisotopic (exact) mass is 846 g/mol. The highest BCUT2D eigenvalue weighted by atomic mass is 15.0. The molecule has 6 heterocycles. The molecule has 0 atom stereocenters. The first-order valence-corrected chi connectivity index (χ1v) is 23.4. The molecular weight excluding hydrogens is 801 g/mol. The van der Waals surface area contributed by atoms with Gasteiger partial charge in [0.2, 0.25) is 0 Å². The van der Waals surface area contributed by atoms with E-state index in [1.165, 1.54) is 142 Å². The third-order valence-corrected chi connectivity index (χ3v) is 15.3. The lowest BCUT2D eigenvalue weighted by Gasteiger charge is -2.19. The van der Waals surface area contributed by atoms with Gasteiger partial charge in [0.05, 0.1) is 55.2 Å². The second-order valence-corrected chi connectivity index (χ2v) is 21.0. The standard InChI is InChI=1S/C62H46N4/c1-61(2,3)35-25-27-49-41(29-35)43-32-53-55(39-21-13-15-23-47(39)63(53)37-17-9-7-10-18-37)57-45-31-46-52(34-51(45)65(49)59(43)57)66-50-28-26-36(62(4,5)6)30-42(50)44-33-54-56(58(46)60(44)66)40-22-14-16-24-48(40)64(54)38-19-11-8-12-20-38/h7-34H,1-6H3. The molecule has 0 aliphatic rings. The predicted octanol–water partition coefficient (Wildman–Crippen LogP) is 16.8. The number of para-hydroxylation sites is 4. The molecule has 0 amide bonds. The summed E-state index contributed by atoms with van der Waals surface area (Å²) in [5.41, 5.74) is 17.6. The largest absolute Gasteiger partial charge is 0.309 e. The highest BCUT2D eigenvalue weighted by molar-refractivity contribution is 6.40. The van der Waals surface area contributed by atoms with Crippen molar-refractivity contribution in [3.05, 3.63) is 181 Å². The molecule has 0 aliphatic heterocycles. The molecule has 0 radical (unpaired) electrons. The topological polar surface area (TPSA) is 18.7 Å². The van der Waals surface area contributed by atoms with E-state index in [1.54, 1.807) is 0 Å². The van der Waals surface area contributed by atoms with Gasteiger partial charge in [-0.3, -0.25) is 0 Å². The van der Waals surface area contributed by atoms with Crippen LogP contribution in [0.1, 0.15) is 52.7 Å². The Balaban J connectivity index is 1.22. The number of rotatable bonds is 2. The first-order valence-electron chi connectivity index (χ1n) is 23.4. The van der Waals surface area contributed by atoms with Gasteiger partial charge >= 0.3 is 0 Å². The molecule has 0 spiro atoms. The van der Waals surface area contributed by atoms with Crippen molar-refractivity contribution in [3.8, 4) is 11.4 Å². The Morgan fingerprint density at radius 3 is 1.11 bits per heavy atom. The van der Waals surface area contributed by atoms with Crippen LogP contribution in [0.5, 0.6) is 0 Å². The van der Waals surface area contributed by atoms with Crippen molar-refractivity contribution >= 4 is 120 Å². The summed E-state index contributed by atoms with van der Waals surface area (Å²) in [5.74, 6) is 0. The Bertz CT molecular complexity index is 4270. The van der Waals surface area contributed by atoms with Crippen LogP contribution in [-0.2, 0) is 10.8 Å². The molecule has 15 aromatic rings. The summed E-state index contributed by atoms with van der Waals surface area (Å²) in [4.78, 5) is 0. The molecule has 4 heteroatoms. The Kier molecular flexibility index (Phi) is 6.69. The highest BCUT2D eigenvalue weighted by Gasteiger charge is 2.30. The number of hydrogen-bond donors (Lipinski definition) is 0. The molecule has 0 saturated carbocycles. The van der Waals surface area contributed by atoms with E-state index in [4.69, 9.17) is 0 Å². The summed E-state index contributed by atoms with van der Waals surface area (Å²) in [5, 5.41) is 15.6. The predicted molar refractivity (Wildman–Crippen MR) is 282 cm³/mol. The van der Waals surface area contributed by atoms with Crippen LogP contribution in [0.2, 0.25) is 0 Å². The van der Waals surface area contributed by atoms with E-state index in [2.05, 4.69) is 229 Å². The van der Waals surface area contributed by atoms with Crippen LogP contribution in [-0.4, -0.2) is 17.9 Å². The minimum atomic E-state index is 0.00573. The minimum absolute atomic E-state index is 0.00573. The Labute approximate surface area is 380 Å². The fraction of sp³-hybridized carbons (Fsp3) is 0.129. The summed E-state index contributed by atoms with van der Waals surface area (Å²) < 4.78 is 10.2. The molecule has 0 aliphatic carbocycles. The van der Waals surface area contributed by atoms with Crippen molar-refractivity contribution in [3.63, 3.8) is 0 Å². The van der Waals surface area contributed by atoms with Gasteiger partial charge in [0.15, 0.2) is 0 Å². The second kappa shape index (κ2) is 12.1. The Hall–Kier alpha value is -7.82. The molecule has 0 saturated heterocycles. The molecule has 314 valence electrons. The number of nitrogens with zero attached hydrogens (tertiary/aromatic N) is 4. The molecule has 6 aromatic heterocycles.